The van der Waals surface area contributed by atoms with Gasteiger partial charge in [-0.2, -0.15) is 0 Å². The number of aliphatic imine (C=N–C) groups is 1. The molecule has 0 bridgehead atoms. The highest BCUT2D eigenvalue weighted by atomic mass is 79.9. The summed E-state index contributed by atoms with van der Waals surface area (Å²) in [6.45, 7) is 0.997. The first-order valence-electron chi connectivity index (χ1n) is 7.86. The Bertz CT molecular complexity index is 695. The van der Waals surface area contributed by atoms with Crippen molar-refractivity contribution in [2.24, 2.45) is 4.99 Å². The van der Waals surface area contributed by atoms with Crippen LogP contribution in [0.1, 0.15) is 42.5 Å². The van der Waals surface area contributed by atoms with Crippen molar-refractivity contribution >= 4 is 21.6 Å². The van der Waals surface area contributed by atoms with Crippen molar-refractivity contribution in [3.05, 3.63) is 45.6 Å². The Morgan fingerprint density at radius 3 is 2.24 bits per heavy atom. The number of fused-ring (bicyclic) bond motifs is 1. The lowest BCUT2D eigenvalue weighted by molar-refractivity contribution is 0.690. The first-order valence-corrected chi connectivity index (χ1v) is 8.65. The molecule has 4 rings (SSSR count). The van der Waals surface area contributed by atoms with E-state index in [1.807, 2.05) is 0 Å². The van der Waals surface area contributed by atoms with Crippen LogP contribution in [0.2, 0.25) is 0 Å². The van der Waals surface area contributed by atoms with E-state index in [-0.39, 0.29) is 0 Å². The van der Waals surface area contributed by atoms with E-state index < -0.39 is 0 Å². The summed E-state index contributed by atoms with van der Waals surface area (Å²) >= 11 is 3.52. The van der Waals surface area contributed by atoms with E-state index in [2.05, 4.69) is 45.2 Å². The van der Waals surface area contributed by atoms with E-state index in [4.69, 9.17) is 4.99 Å². The third-order valence-electron chi connectivity index (χ3n) is 4.62. The first kappa shape index (κ1) is 13.3. The van der Waals surface area contributed by atoms with Gasteiger partial charge in [-0.05, 0) is 67.3 Å². The SMILES string of the molecule is Brc1ccc(-c2[nH]c(C3=NCCC3)c3c2CCCC3)cc1. The Morgan fingerprint density at radius 1 is 0.857 bits per heavy atom. The number of hydrogen-bond acceptors (Lipinski definition) is 1. The van der Waals surface area contributed by atoms with E-state index in [1.54, 1.807) is 5.56 Å². The maximum Gasteiger partial charge on any atom is 0.0634 e. The van der Waals surface area contributed by atoms with Gasteiger partial charge in [0, 0.05) is 16.7 Å². The zero-order valence-electron chi connectivity index (χ0n) is 12.1. The summed E-state index contributed by atoms with van der Waals surface area (Å²) in [6.07, 6.45) is 7.36. The molecule has 21 heavy (non-hydrogen) atoms. The van der Waals surface area contributed by atoms with E-state index >= 15 is 0 Å². The number of hydrogen-bond donors (Lipinski definition) is 1. The molecule has 1 aromatic carbocycles. The Morgan fingerprint density at radius 2 is 1.57 bits per heavy atom. The monoisotopic (exact) mass is 342 g/mol. The predicted octanol–water partition coefficient (Wildman–Crippen LogP) is 4.91. The van der Waals surface area contributed by atoms with E-state index in [0.717, 1.165) is 17.4 Å². The molecule has 2 heterocycles. The predicted molar refractivity (Wildman–Crippen MR) is 91.2 cm³/mol. The second-order valence-corrected chi connectivity index (χ2v) is 6.89. The van der Waals surface area contributed by atoms with Crippen LogP contribution in [0.15, 0.2) is 33.7 Å². The topological polar surface area (TPSA) is 28.1 Å². The van der Waals surface area contributed by atoms with E-state index in [1.165, 1.54) is 60.3 Å². The molecule has 1 N–H and O–H groups in total. The van der Waals surface area contributed by atoms with Crippen LogP contribution < -0.4 is 0 Å². The number of nitrogens with zero attached hydrogens (tertiary/aromatic N) is 1. The molecule has 1 aliphatic heterocycles. The van der Waals surface area contributed by atoms with Crippen molar-refractivity contribution in [1.29, 1.82) is 0 Å². The van der Waals surface area contributed by atoms with Crippen LogP contribution >= 0.6 is 15.9 Å². The number of aromatic amines is 1. The van der Waals surface area contributed by atoms with Gasteiger partial charge < -0.3 is 4.98 Å². The highest BCUT2D eigenvalue weighted by Crippen LogP contribution is 2.35. The number of H-pyrrole nitrogens is 1. The highest BCUT2D eigenvalue weighted by molar-refractivity contribution is 9.10. The Kier molecular flexibility index (Phi) is 3.46. The van der Waals surface area contributed by atoms with Crippen molar-refractivity contribution in [1.82, 2.24) is 4.98 Å². The minimum Gasteiger partial charge on any atom is -0.353 e. The minimum atomic E-state index is 0.997. The molecule has 1 aliphatic carbocycles. The lowest BCUT2D eigenvalue weighted by atomic mass is 9.89. The molecule has 0 amide bonds. The van der Waals surface area contributed by atoms with Crippen molar-refractivity contribution in [2.45, 2.75) is 38.5 Å². The van der Waals surface area contributed by atoms with Gasteiger partial charge in [0.15, 0.2) is 0 Å². The van der Waals surface area contributed by atoms with Gasteiger partial charge in [-0.15, -0.1) is 0 Å². The second-order valence-electron chi connectivity index (χ2n) is 5.98. The summed E-state index contributed by atoms with van der Waals surface area (Å²) in [5, 5.41) is 0. The Labute approximate surface area is 133 Å². The first-order chi connectivity index (χ1) is 10.3. The summed E-state index contributed by atoms with van der Waals surface area (Å²) in [7, 11) is 0. The van der Waals surface area contributed by atoms with Crippen molar-refractivity contribution in [3.8, 4) is 11.3 Å². The number of halogens is 1. The van der Waals surface area contributed by atoms with Gasteiger partial charge in [0.25, 0.3) is 0 Å². The molecule has 3 heteroatoms. The van der Waals surface area contributed by atoms with Crippen LogP contribution in [-0.4, -0.2) is 17.2 Å². The summed E-state index contributed by atoms with van der Waals surface area (Å²) in [6, 6.07) is 8.65. The van der Waals surface area contributed by atoms with Gasteiger partial charge in [-0.1, -0.05) is 28.1 Å². The Balaban J connectivity index is 1.85. The fraction of sp³-hybridized carbons (Fsp3) is 0.389. The van der Waals surface area contributed by atoms with E-state index in [9.17, 15) is 0 Å². The van der Waals surface area contributed by atoms with Crippen LogP contribution in [0.25, 0.3) is 11.3 Å². The van der Waals surface area contributed by atoms with Crippen molar-refractivity contribution in [2.75, 3.05) is 6.54 Å². The van der Waals surface area contributed by atoms with Crippen LogP contribution in [0.3, 0.4) is 0 Å². The standard InChI is InChI=1S/C18H19BrN2/c19-13-9-7-12(8-10-13)17-14-4-1-2-5-15(14)18(21-17)16-6-3-11-20-16/h7-10,21H,1-6,11H2. The lowest BCUT2D eigenvalue weighted by Crippen LogP contribution is -2.06. The smallest absolute Gasteiger partial charge is 0.0634 e. The highest BCUT2D eigenvalue weighted by Gasteiger charge is 2.24. The van der Waals surface area contributed by atoms with Gasteiger partial charge in [-0.3, -0.25) is 4.99 Å². The maximum atomic E-state index is 4.71. The second kappa shape index (κ2) is 5.45. The summed E-state index contributed by atoms with van der Waals surface area (Å²) in [5.41, 5.74) is 8.33. The fourth-order valence-electron chi connectivity index (χ4n) is 3.59. The van der Waals surface area contributed by atoms with Crippen LogP contribution in [0.4, 0.5) is 0 Å². The maximum absolute atomic E-state index is 4.71. The number of rotatable bonds is 2. The molecular weight excluding hydrogens is 324 g/mol. The largest absolute Gasteiger partial charge is 0.353 e. The molecule has 0 saturated carbocycles. The van der Waals surface area contributed by atoms with E-state index in [0.29, 0.717) is 0 Å². The normalized spacial score (nSPS) is 17.7. The lowest BCUT2D eigenvalue weighted by Gasteiger charge is -2.14. The van der Waals surface area contributed by atoms with Crippen LogP contribution in [0, 0.1) is 0 Å². The van der Waals surface area contributed by atoms with Crippen LogP contribution in [0.5, 0.6) is 0 Å². The molecule has 0 radical (unpaired) electrons. The van der Waals surface area contributed by atoms with Gasteiger partial charge in [-0.25, -0.2) is 0 Å². The summed E-state index contributed by atoms with van der Waals surface area (Å²) in [5.74, 6) is 0. The zero-order chi connectivity index (χ0) is 14.2. The molecule has 0 saturated heterocycles. The molecule has 0 fully saturated rings. The van der Waals surface area contributed by atoms with Gasteiger partial charge in [0.2, 0.25) is 0 Å². The molecule has 2 nitrogen and oxygen atoms in total. The van der Waals surface area contributed by atoms with Gasteiger partial charge in [0.05, 0.1) is 11.4 Å². The number of nitrogens with one attached hydrogen (secondary N) is 1. The molecule has 1 aromatic heterocycles. The van der Waals surface area contributed by atoms with Crippen molar-refractivity contribution in [3.63, 3.8) is 0 Å². The molecule has 108 valence electrons. The van der Waals surface area contributed by atoms with Crippen LogP contribution in [-0.2, 0) is 12.8 Å². The minimum absolute atomic E-state index is 0.997. The molecule has 0 unspecified atom stereocenters. The summed E-state index contributed by atoms with van der Waals surface area (Å²) < 4.78 is 1.13. The fourth-order valence-corrected chi connectivity index (χ4v) is 3.85. The molecule has 0 spiro atoms. The summed E-state index contributed by atoms with van der Waals surface area (Å²) in [4.78, 5) is 8.44. The molecule has 2 aromatic rings. The van der Waals surface area contributed by atoms with Gasteiger partial charge >= 0.3 is 0 Å². The third-order valence-corrected chi connectivity index (χ3v) is 5.15. The molecular formula is C18H19BrN2. The Hall–Kier alpha value is -1.35. The molecule has 2 aliphatic rings. The van der Waals surface area contributed by atoms with Gasteiger partial charge in [0.1, 0.15) is 0 Å². The van der Waals surface area contributed by atoms with Crippen molar-refractivity contribution < 1.29 is 0 Å². The number of aromatic nitrogens is 1. The number of benzene rings is 1. The quantitative estimate of drug-likeness (QED) is 0.803. The zero-order valence-corrected chi connectivity index (χ0v) is 13.7. The molecule has 0 atom stereocenters. The third kappa shape index (κ3) is 2.38. The average molecular weight is 343 g/mol. The average Bonchev–Trinajstić information content (AvgIpc) is 3.15.